The minimum absolute atomic E-state index is 0.0148. The lowest BCUT2D eigenvalue weighted by molar-refractivity contribution is -0.137. The van der Waals surface area contributed by atoms with Crippen molar-refractivity contribution in [3.8, 4) is 0 Å². The molecule has 0 saturated heterocycles. The fourth-order valence-electron chi connectivity index (χ4n) is 1.70. The SMILES string of the molecule is O=C(O)CCCCC/C=C\C1C=CCC1=O. The Morgan fingerprint density at radius 1 is 1.44 bits per heavy atom. The molecule has 0 heterocycles. The van der Waals surface area contributed by atoms with Crippen LogP contribution in [0.4, 0.5) is 0 Å². The molecular weight excluding hydrogens is 204 g/mol. The van der Waals surface area contributed by atoms with Crippen LogP contribution >= 0.6 is 0 Å². The van der Waals surface area contributed by atoms with E-state index in [4.69, 9.17) is 5.11 Å². The van der Waals surface area contributed by atoms with Crippen LogP contribution in [0.3, 0.4) is 0 Å². The lowest BCUT2D eigenvalue weighted by Crippen LogP contribution is -2.01. The zero-order valence-electron chi connectivity index (χ0n) is 9.39. The number of carbonyl (C=O) groups is 2. The third kappa shape index (κ3) is 4.91. The van der Waals surface area contributed by atoms with E-state index in [0.29, 0.717) is 6.42 Å². The van der Waals surface area contributed by atoms with Crippen molar-refractivity contribution in [3.05, 3.63) is 24.3 Å². The van der Waals surface area contributed by atoms with E-state index in [1.165, 1.54) is 0 Å². The quantitative estimate of drug-likeness (QED) is 0.532. The van der Waals surface area contributed by atoms with E-state index in [-0.39, 0.29) is 18.1 Å². The predicted molar refractivity (Wildman–Crippen MR) is 62.1 cm³/mol. The summed E-state index contributed by atoms with van der Waals surface area (Å²) in [4.78, 5) is 21.5. The van der Waals surface area contributed by atoms with E-state index in [1.54, 1.807) is 0 Å². The van der Waals surface area contributed by atoms with E-state index in [0.717, 1.165) is 25.7 Å². The highest BCUT2D eigenvalue weighted by Gasteiger charge is 2.14. The van der Waals surface area contributed by atoms with Crippen LogP contribution in [0.1, 0.15) is 38.5 Å². The van der Waals surface area contributed by atoms with Crippen molar-refractivity contribution in [2.24, 2.45) is 5.92 Å². The lowest BCUT2D eigenvalue weighted by atomic mass is 10.1. The van der Waals surface area contributed by atoms with Gasteiger partial charge in [0.2, 0.25) is 0 Å². The Balaban J connectivity index is 2.02. The van der Waals surface area contributed by atoms with Gasteiger partial charge < -0.3 is 5.11 Å². The first kappa shape index (κ1) is 12.7. The molecule has 1 rings (SSSR count). The molecule has 0 radical (unpaired) electrons. The molecule has 1 aliphatic rings. The van der Waals surface area contributed by atoms with Crippen LogP contribution in [-0.4, -0.2) is 16.9 Å². The molecule has 0 aromatic heterocycles. The van der Waals surface area contributed by atoms with Crippen LogP contribution < -0.4 is 0 Å². The molecule has 3 heteroatoms. The molecule has 88 valence electrons. The van der Waals surface area contributed by atoms with Crippen molar-refractivity contribution in [2.45, 2.75) is 38.5 Å². The van der Waals surface area contributed by atoms with Crippen molar-refractivity contribution in [1.82, 2.24) is 0 Å². The minimum atomic E-state index is -0.725. The fraction of sp³-hybridized carbons (Fsp3) is 0.538. The molecule has 0 saturated carbocycles. The number of aliphatic carboxylic acids is 1. The number of hydrogen-bond donors (Lipinski definition) is 1. The van der Waals surface area contributed by atoms with Crippen molar-refractivity contribution in [1.29, 1.82) is 0 Å². The van der Waals surface area contributed by atoms with Crippen LogP contribution in [0, 0.1) is 5.92 Å². The van der Waals surface area contributed by atoms with Gasteiger partial charge in [0.25, 0.3) is 0 Å². The predicted octanol–water partition coefficient (Wildman–Crippen LogP) is 2.72. The fourth-order valence-corrected chi connectivity index (χ4v) is 1.70. The molecule has 0 aromatic carbocycles. The molecule has 0 bridgehead atoms. The molecule has 3 nitrogen and oxygen atoms in total. The van der Waals surface area contributed by atoms with Crippen molar-refractivity contribution in [3.63, 3.8) is 0 Å². The normalized spacial score (nSPS) is 19.8. The summed E-state index contributed by atoms with van der Waals surface area (Å²) in [6.45, 7) is 0. The molecule has 1 unspecified atom stereocenters. The third-order valence-corrected chi connectivity index (χ3v) is 2.64. The molecule has 1 N–H and O–H groups in total. The standard InChI is InChI=1S/C13H18O3/c14-12-9-6-8-11(12)7-4-2-1-3-5-10-13(15)16/h4,6-8,11H,1-3,5,9-10H2,(H,15,16)/b7-4-. The molecule has 0 aliphatic heterocycles. The number of rotatable bonds is 7. The second kappa shape index (κ2) is 6.99. The second-order valence-corrected chi connectivity index (χ2v) is 4.05. The van der Waals surface area contributed by atoms with Crippen molar-refractivity contribution in [2.75, 3.05) is 0 Å². The van der Waals surface area contributed by atoms with Crippen LogP contribution in [0.5, 0.6) is 0 Å². The lowest BCUT2D eigenvalue weighted by Gasteiger charge is -1.98. The highest BCUT2D eigenvalue weighted by atomic mass is 16.4. The molecule has 0 aromatic rings. The number of carboxylic acid groups (broad SMARTS) is 1. The largest absolute Gasteiger partial charge is 0.481 e. The maximum absolute atomic E-state index is 11.2. The van der Waals surface area contributed by atoms with Crippen molar-refractivity contribution < 1.29 is 14.7 Å². The summed E-state index contributed by atoms with van der Waals surface area (Å²) in [5, 5.41) is 8.43. The van der Waals surface area contributed by atoms with Gasteiger partial charge in [0, 0.05) is 12.8 Å². The number of carboxylic acids is 1. The average molecular weight is 222 g/mol. The van der Waals surface area contributed by atoms with E-state index >= 15 is 0 Å². The van der Waals surface area contributed by atoms with Gasteiger partial charge in [0.1, 0.15) is 5.78 Å². The first-order valence-electron chi connectivity index (χ1n) is 5.78. The van der Waals surface area contributed by atoms with E-state index in [1.807, 2.05) is 24.3 Å². The van der Waals surface area contributed by atoms with Crippen LogP contribution in [-0.2, 0) is 9.59 Å². The van der Waals surface area contributed by atoms with Gasteiger partial charge in [-0.1, -0.05) is 30.7 Å². The smallest absolute Gasteiger partial charge is 0.303 e. The van der Waals surface area contributed by atoms with E-state index < -0.39 is 5.97 Å². The van der Waals surface area contributed by atoms with Crippen LogP contribution in [0.25, 0.3) is 0 Å². The van der Waals surface area contributed by atoms with E-state index in [2.05, 4.69) is 0 Å². The zero-order chi connectivity index (χ0) is 11.8. The first-order chi connectivity index (χ1) is 7.70. The first-order valence-corrected chi connectivity index (χ1v) is 5.78. The second-order valence-electron chi connectivity index (χ2n) is 4.05. The molecule has 16 heavy (non-hydrogen) atoms. The molecule has 0 amide bonds. The molecule has 1 atom stereocenters. The van der Waals surface area contributed by atoms with Crippen molar-refractivity contribution >= 4 is 11.8 Å². The number of Topliss-reactive ketones (excluding diaryl/α,β-unsaturated/α-hetero) is 1. The van der Waals surface area contributed by atoms with E-state index in [9.17, 15) is 9.59 Å². The molecule has 1 aliphatic carbocycles. The Morgan fingerprint density at radius 3 is 2.88 bits per heavy atom. The van der Waals surface area contributed by atoms with Gasteiger partial charge in [-0.25, -0.2) is 0 Å². The number of ketones is 1. The van der Waals surface area contributed by atoms with Gasteiger partial charge in [0.15, 0.2) is 0 Å². The van der Waals surface area contributed by atoms with Gasteiger partial charge in [-0.3, -0.25) is 9.59 Å². The Kier molecular flexibility index (Phi) is 5.54. The highest BCUT2D eigenvalue weighted by Crippen LogP contribution is 2.15. The maximum Gasteiger partial charge on any atom is 0.303 e. The van der Waals surface area contributed by atoms with Gasteiger partial charge >= 0.3 is 5.97 Å². The highest BCUT2D eigenvalue weighted by molar-refractivity contribution is 5.88. The third-order valence-electron chi connectivity index (χ3n) is 2.64. The van der Waals surface area contributed by atoms with Gasteiger partial charge in [-0.05, 0) is 19.3 Å². The summed E-state index contributed by atoms with van der Waals surface area (Å²) < 4.78 is 0. The summed E-state index contributed by atoms with van der Waals surface area (Å²) in [6, 6.07) is 0. The minimum Gasteiger partial charge on any atom is -0.481 e. The monoisotopic (exact) mass is 222 g/mol. The summed E-state index contributed by atoms with van der Waals surface area (Å²) in [5.74, 6) is -0.474. The number of hydrogen-bond acceptors (Lipinski definition) is 2. The van der Waals surface area contributed by atoms with Gasteiger partial charge in [-0.15, -0.1) is 0 Å². The molecular formula is C13H18O3. The number of carbonyl (C=O) groups excluding carboxylic acids is 1. The number of allylic oxidation sites excluding steroid dienone is 4. The Morgan fingerprint density at radius 2 is 2.25 bits per heavy atom. The zero-order valence-corrected chi connectivity index (χ0v) is 9.39. The Labute approximate surface area is 95.9 Å². The van der Waals surface area contributed by atoms with Crippen LogP contribution in [0.15, 0.2) is 24.3 Å². The van der Waals surface area contributed by atoms with Crippen LogP contribution in [0.2, 0.25) is 0 Å². The summed E-state index contributed by atoms with van der Waals surface area (Å²) >= 11 is 0. The molecule has 0 spiro atoms. The maximum atomic E-state index is 11.2. The molecule has 0 fully saturated rings. The average Bonchev–Trinajstić information content (AvgIpc) is 2.62. The topological polar surface area (TPSA) is 54.4 Å². The summed E-state index contributed by atoms with van der Waals surface area (Å²) in [5.41, 5.74) is 0. The summed E-state index contributed by atoms with van der Waals surface area (Å²) in [6.07, 6.45) is 12.2. The summed E-state index contributed by atoms with van der Waals surface area (Å²) in [7, 11) is 0. The van der Waals surface area contributed by atoms with Gasteiger partial charge in [0.05, 0.1) is 5.92 Å². The number of unbranched alkanes of at least 4 members (excludes halogenated alkanes) is 3. The van der Waals surface area contributed by atoms with Gasteiger partial charge in [-0.2, -0.15) is 0 Å². The Bertz CT molecular complexity index is 302. The Hall–Kier alpha value is -1.38.